The first kappa shape index (κ1) is 50.4. The zero-order valence-electron chi connectivity index (χ0n) is 36.0. The minimum Gasteiger partial charge on any atom is -0.443 e. The summed E-state index contributed by atoms with van der Waals surface area (Å²) in [6, 6.07) is 0. The van der Waals surface area contributed by atoms with Crippen LogP contribution in [0.3, 0.4) is 0 Å². The van der Waals surface area contributed by atoms with Gasteiger partial charge in [-0.1, -0.05) is 82.9 Å². The van der Waals surface area contributed by atoms with Crippen molar-refractivity contribution in [1.82, 2.24) is 19.6 Å². The quantitative estimate of drug-likeness (QED) is 0.204. The zero-order chi connectivity index (χ0) is 41.3. The maximum absolute atomic E-state index is 11.7. The minimum absolute atomic E-state index is 0.145. The number of amides is 2. The topological polar surface area (TPSA) is 74.8 Å². The second-order valence-electron chi connectivity index (χ2n) is 15.3. The Morgan fingerprint density at radius 3 is 1.87 bits per heavy atom. The number of piperidine rings is 1. The van der Waals surface area contributed by atoms with Crippen LogP contribution in [0.1, 0.15) is 132 Å². The van der Waals surface area contributed by atoms with Crippen LogP contribution in [-0.2, 0) is 14.2 Å². The molecule has 1 saturated heterocycles. The van der Waals surface area contributed by atoms with E-state index in [9.17, 15) is 22.8 Å². The monoisotopic (exact) mass is 787 g/mol. The third-order valence-corrected chi connectivity index (χ3v) is 10.5. The van der Waals surface area contributed by atoms with E-state index in [0.717, 1.165) is 68.3 Å². The van der Waals surface area contributed by atoms with Gasteiger partial charge in [0.2, 0.25) is 0 Å². The molecule has 4 heterocycles. The van der Waals surface area contributed by atoms with E-state index in [2.05, 4.69) is 54.4 Å². The second kappa shape index (κ2) is 27.9. The van der Waals surface area contributed by atoms with E-state index in [0.29, 0.717) is 13.0 Å². The van der Waals surface area contributed by atoms with Crippen molar-refractivity contribution < 1.29 is 37.0 Å². The first-order valence-corrected chi connectivity index (χ1v) is 21.2. The summed E-state index contributed by atoms with van der Waals surface area (Å²) < 4.78 is 48.9. The van der Waals surface area contributed by atoms with Gasteiger partial charge < -0.3 is 28.9 Å². The molecule has 9 nitrogen and oxygen atoms in total. The molecule has 1 aliphatic carbocycles. The first-order valence-electron chi connectivity index (χ1n) is 21.2. The minimum atomic E-state index is -4.90. The third-order valence-electron chi connectivity index (χ3n) is 10.5. The molecule has 0 aromatic heterocycles. The fourth-order valence-electron chi connectivity index (χ4n) is 6.26. The average molecular weight is 787 g/mol. The van der Waals surface area contributed by atoms with Crippen LogP contribution in [0.25, 0.3) is 0 Å². The van der Waals surface area contributed by atoms with Gasteiger partial charge >= 0.3 is 18.5 Å². The molecule has 0 atom stereocenters. The summed E-state index contributed by atoms with van der Waals surface area (Å²) in [5.41, 5.74) is 4.05. The van der Waals surface area contributed by atoms with E-state index in [1.54, 1.807) is 23.7 Å². The maximum Gasteiger partial charge on any atom is 0.576 e. The lowest BCUT2D eigenvalue weighted by atomic mass is 9.99. The molecule has 0 unspecified atom stereocenters. The number of rotatable bonds is 10. The van der Waals surface area contributed by atoms with E-state index < -0.39 is 12.5 Å². The molecule has 0 radical (unpaired) electrons. The summed E-state index contributed by atoms with van der Waals surface area (Å²) in [6.07, 6.45) is 13.8. The number of nitrogens with zero attached hydrogens (tertiary/aromatic N) is 4. The Balaban J connectivity index is 0.000000364. The summed E-state index contributed by atoms with van der Waals surface area (Å²) in [5, 5.41) is 0. The number of carbonyl (C=O) groups is 2. The van der Waals surface area contributed by atoms with E-state index in [1.165, 1.54) is 76.7 Å². The molecule has 2 fully saturated rings. The summed E-state index contributed by atoms with van der Waals surface area (Å²) in [4.78, 5) is 30.4. The Hall–Kier alpha value is -2.57. The fraction of sp³-hybridized carbons (Fsp3) is 0.814. The molecule has 0 spiro atoms. The number of ether oxygens (including phenoxy) is 3. The Morgan fingerprint density at radius 1 is 0.800 bits per heavy atom. The van der Waals surface area contributed by atoms with Crippen molar-refractivity contribution in [2.75, 3.05) is 79.2 Å². The molecule has 0 aromatic carbocycles. The number of hydrogen-bond donors (Lipinski definition) is 0. The number of methoxy groups -OCH3 is 1. The van der Waals surface area contributed by atoms with Gasteiger partial charge in [0, 0.05) is 52.9 Å². The lowest BCUT2D eigenvalue weighted by molar-refractivity contribution is -0.294. The third kappa shape index (κ3) is 23.3. The van der Waals surface area contributed by atoms with Gasteiger partial charge in [-0.15, -0.1) is 13.2 Å². The molecule has 0 aromatic rings. The number of hydrogen-bond acceptors (Lipinski definition) is 7. The molecule has 320 valence electrons. The standard InChI is InChI=1S/C12H23NO.C11H17NO2.C9H12F3NO2.C9H19N.C2H6/c1-3-4-5-12-6-8-13(9-7-12)10-11-14-2;1-9-3-7-12(8-4-9)10(13)14-11(2)5-6-11;1-2-7-3-5-13(6-4-7)8(14)15-9(10,11)12;1-3-6-10-7-4-9(2)5-8-10;1-2/h6H,3-5,7-11H2,1-2H3;3H,4-8H2,1-2H3;3H,2,4-6H2,1H3;9H,3-8H2,1-2H3;1-2H3. The van der Waals surface area contributed by atoms with Crippen LogP contribution in [0, 0.1) is 5.92 Å². The molecular formula is C43H77F3N4O5. The SMILES string of the molecule is CC.CC1=CCN(C(=O)OC2(C)CC2)CC1.CCC1=CCN(C(=O)OC(F)(F)F)CC1.CCCCC1=CCN(CCOC)CC1.CCCN1CCC(C)CC1. The molecule has 1 saturated carbocycles. The van der Waals surface area contributed by atoms with Crippen LogP contribution < -0.4 is 0 Å². The van der Waals surface area contributed by atoms with Crippen molar-refractivity contribution in [1.29, 1.82) is 0 Å². The first-order chi connectivity index (χ1) is 26.2. The molecule has 55 heavy (non-hydrogen) atoms. The van der Waals surface area contributed by atoms with E-state index >= 15 is 0 Å². The Labute approximate surface area is 332 Å². The van der Waals surface area contributed by atoms with E-state index in [-0.39, 0.29) is 24.8 Å². The number of carbonyl (C=O) groups excluding carboxylic acids is 2. The summed E-state index contributed by atoms with van der Waals surface area (Å²) in [6.45, 7) is 27.2. The van der Waals surface area contributed by atoms with Gasteiger partial charge in [-0.05, 0) is 110 Å². The van der Waals surface area contributed by atoms with Crippen molar-refractivity contribution in [3.05, 3.63) is 34.9 Å². The van der Waals surface area contributed by atoms with E-state index in [4.69, 9.17) is 9.47 Å². The lowest BCUT2D eigenvalue weighted by Gasteiger charge is -2.29. The van der Waals surface area contributed by atoms with E-state index in [1.807, 2.05) is 27.7 Å². The molecular weight excluding hydrogens is 709 g/mol. The van der Waals surface area contributed by atoms with Crippen molar-refractivity contribution in [2.45, 2.75) is 144 Å². The largest absolute Gasteiger partial charge is 0.576 e. The van der Waals surface area contributed by atoms with Crippen LogP contribution >= 0.6 is 0 Å². The Morgan fingerprint density at radius 2 is 1.40 bits per heavy atom. The zero-order valence-corrected chi connectivity index (χ0v) is 36.0. The smallest absolute Gasteiger partial charge is 0.443 e. The molecule has 4 aliphatic heterocycles. The van der Waals surface area contributed by atoms with Crippen LogP contribution in [0.4, 0.5) is 22.8 Å². The molecule has 5 rings (SSSR count). The van der Waals surface area contributed by atoms with Gasteiger partial charge in [0.25, 0.3) is 0 Å². The maximum atomic E-state index is 11.7. The predicted molar refractivity (Wildman–Crippen MR) is 218 cm³/mol. The van der Waals surface area contributed by atoms with Crippen molar-refractivity contribution in [2.24, 2.45) is 5.92 Å². The van der Waals surface area contributed by atoms with Crippen LogP contribution in [0.15, 0.2) is 34.9 Å². The Bertz CT molecular complexity index is 1160. The number of likely N-dealkylation sites (tertiary alicyclic amines) is 1. The summed E-state index contributed by atoms with van der Waals surface area (Å²) in [7, 11) is 1.77. The van der Waals surface area contributed by atoms with Gasteiger partial charge in [0.1, 0.15) is 5.60 Å². The highest BCUT2D eigenvalue weighted by atomic mass is 19.4. The van der Waals surface area contributed by atoms with Crippen LogP contribution in [-0.4, -0.2) is 123 Å². The van der Waals surface area contributed by atoms with Gasteiger partial charge in [0.15, 0.2) is 0 Å². The second-order valence-corrected chi connectivity index (χ2v) is 15.3. The molecule has 0 bridgehead atoms. The highest BCUT2D eigenvalue weighted by Crippen LogP contribution is 2.39. The number of unbranched alkanes of at least 4 members (excludes halogenated alkanes) is 1. The number of alkyl halides is 3. The predicted octanol–water partition coefficient (Wildman–Crippen LogP) is 10.6. The molecule has 12 heteroatoms. The molecule has 0 N–H and O–H groups in total. The Kier molecular flexibility index (Phi) is 25.6. The highest BCUT2D eigenvalue weighted by Gasteiger charge is 2.42. The lowest BCUT2D eigenvalue weighted by Crippen LogP contribution is -2.38. The van der Waals surface area contributed by atoms with Crippen molar-refractivity contribution in [3.63, 3.8) is 0 Å². The summed E-state index contributed by atoms with van der Waals surface area (Å²) >= 11 is 0. The van der Waals surface area contributed by atoms with Gasteiger partial charge in [-0.25, -0.2) is 9.59 Å². The molecule has 2 amide bonds. The summed E-state index contributed by atoms with van der Waals surface area (Å²) in [5.74, 6) is 0.980. The number of halogens is 3. The van der Waals surface area contributed by atoms with Crippen molar-refractivity contribution >= 4 is 12.2 Å². The van der Waals surface area contributed by atoms with Crippen LogP contribution in [0.5, 0.6) is 0 Å². The molecule has 5 aliphatic rings. The van der Waals surface area contributed by atoms with Crippen molar-refractivity contribution in [3.8, 4) is 0 Å². The average Bonchev–Trinajstić information content (AvgIpc) is 3.91. The normalized spacial score (nSPS) is 19.9. The van der Waals surface area contributed by atoms with Gasteiger partial charge in [-0.3, -0.25) is 4.90 Å². The van der Waals surface area contributed by atoms with Gasteiger partial charge in [-0.2, -0.15) is 0 Å². The van der Waals surface area contributed by atoms with Crippen LogP contribution in [0.2, 0.25) is 0 Å². The van der Waals surface area contributed by atoms with Gasteiger partial charge in [0.05, 0.1) is 6.61 Å². The highest BCUT2D eigenvalue weighted by molar-refractivity contribution is 5.69. The fourth-order valence-corrected chi connectivity index (χ4v) is 6.26.